The van der Waals surface area contributed by atoms with Gasteiger partial charge in [-0.2, -0.15) is 0 Å². The van der Waals surface area contributed by atoms with E-state index in [1.54, 1.807) is 0 Å². The fourth-order valence-electron chi connectivity index (χ4n) is 2.35. The van der Waals surface area contributed by atoms with Gasteiger partial charge in [0.2, 0.25) is 0 Å². The molecule has 0 saturated carbocycles. The lowest BCUT2D eigenvalue weighted by Crippen LogP contribution is -2.18. The molecule has 3 rings (SSSR count). The van der Waals surface area contributed by atoms with E-state index in [-0.39, 0.29) is 0 Å². The summed E-state index contributed by atoms with van der Waals surface area (Å²) < 4.78 is 1.35. The maximum atomic E-state index is 4.51. The van der Waals surface area contributed by atoms with Gasteiger partial charge in [-0.1, -0.05) is 24.3 Å². The van der Waals surface area contributed by atoms with Gasteiger partial charge < -0.3 is 5.32 Å². The summed E-state index contributed by atoms with van der Waals surface area (Å²) in [4.78, 5) is 5.88. The molecule has 1 atom stereocenters. The molecule has 20 heavy (non-hydrogen) atoms. The summed E-state index contributed by atoms with van der Waals surface area (Å²) in [7, 11) is 2.02. The molecule has 2 aromatic heterocycles. The van der Waals surface area contributed by atoms with E-state index >= 15 is 0 Å². The van der Waals surface area contributed by atoms with Crippen LogP contribution in [0.2, 0.25) is 0 Å². The lowest BCUT2D eigenvalue weighted by Gasteiger charge is -2.13. The van der Waals surface area contributed by atoms with Crippen molar-refractivity contribution >= 4 is 21.4 Å². The summed E-state index contributed by atoms with van der Waals surface area (Å²) in [5.74, 6) is 0. The Bertz CT molecular complexity index is 667. The smallest absolute Gasteiger partial charge is 0.0468 e. The molecule has 1 aromatic carbocycles. The molecule has 3 aromatic rings. The summed E-state index contributed by atoms with van der Waals surface area (Å²) in [6.45, 7) is 2.07. The number of rotatable bonds is 4. The van der Waals surface area contributed by atoms with Crippen LogP contribution in [-0.2, 0) is 6.42 Å². The van der Waals surface area contributed by atoms with Crippen LogP contribution >= 0.6 is 11.3 Å². The Kier molecular flexibility index (Phi) is 3.81. The van der Waals surface area contributed by atoms with E-state index in [9.17, 15) is 0 Å². The number of benzene rings is 1. The fraction of sp³-hybridized carbons (Fsp3) is 0.235. The van der Waals surface area contributed by atoms with Crippen molar-refractivity contribution in [3.63, 3.8) is 0 Å². The van der Waals surface area contributed by atoms with E-state index < -0.39 is 0 Å². The number of nitrogens with one attached hydrogen (secondary N) is 1. The molecule has 0 bridgehead atoms. The van der Waals surface area contributed by atoms with Gasteiger partial charge in [-0.3, -0.25) is 4.98 Å². The zero-order chi connectivity index (χ0) is 13.9. The van der Waals surface area contributed by atoms with Gasteiger partial charge in [0.25, 0.3) is 0 Å². The van der Waals surface area contributed by atoms with Crippen LogP contribution in [0.5, 0.6) is 0 Å². The monoisotopic (exact) mass is 282 g/mol. The summed E-state index contributed by atoms with van der Waals surface area (Å²) in [5, 5.41) is 4.74. The molecule has 0 amide bonds. The number of nitrogens with zero attached hydrogens (tertiary/aromatic N) is 1. The van der Waals surface area contributed by atoms with Gasteiger partial charge in [-0.05, 0) is 43.1 Å². The van der Waals surface area contributed by atoms with Crippen molar-refractivity contribution in [1.29, 1.82) is 0 Å². The number of hydrogen-bond acceptors (Lipinski definition) is 3. The molecule has 0 fully saturated rings. The van der Waals surface area contributed by atoms with Crippen LogP contribution in [0.1, 0.15) is 22.2 Å². The van der Waals surface area contributed by atoms with Crippen molar-refractivity contribution in [3.8, 4) is 0 Å². The van der Waals surface area contributed by atoms with Crippen molar-refractivity contribution in [3.05, 3.63) is 64.8 Å². The first-order valence-electron chi connectivity index (χ1n) is 6.83. The van der Waals surface area contributed by atoms with Crippen molar-refractivity contribution in [2.45, 2.75) is 19.4 Å². The zero-order valence-corrected chi connectivity index (χ0v) is 12.6. The van der Waals surface area contributed by atoms with Crippen LogP contribution in [0.15, 0.2) is 48.7 Å². The molecule has 102 valence electrons. The van der Waals surface area contributed by atoms with Gasteiger partial charge in [0.1, 0.15) is 0 Å². The Labute approximate surface area is 123 Å². The fourth-order valence-corrected chi connectivity index (χ4v) is 3.52. The van der Waals surface area contributed by atoms with Crippen molar-refractivity contribution in [2.75, 3.05) is 7.05 Å². The summed E-state index contributed by atoms with van der Waals surface area (Å²) in [5.41, 5.74) is 2.34. The van der Waals surface area contributed by atoms with Gasteiger partial charge in [-0.25, -0.2) is 0 Å². The standard InChI is InChI=1S/C17H18N2S/c1-12-7-8-14(19-11-12)10-15(18-2)17-9-13-5-3-4-6-16(13)20-17/h3-9,11,15,18H,10H2,1-2H3. The molecule has 2 nitrogen and oxygen atoms in total. The summed E-state index contributed by atoms with van der Waals surface area (Å²) >= 11 is 1.86. The second-order valence-corrected chi connectivity index (χ2v) is 6.17. The average Bonchev–Trinajstić information content (AvgIpc) is 2.90. The van der Waals surface area contributed by atoms with Gasteiger partial charge >= 0.3 is 0 Å². The molecule has 0 aliphatic carbocycles. The number of fused-ring (bicyclic) bond motifs is 1. The third-order valence-electron chi connectivity index (χ3n) is 3.52. The number of likely N-dealkylation sites (N-methyl/N-ethyl adjacent to an activating group) is 1. The molecule has 0 saturated heterocycles. The Morgan fingerprint density at radius 3 is 2.75 bits per heavy atom. The normalized spacial score (nSPS) is 12.7. The maximum absolute atomic E-state index is 4.51. The third-order valence-corrected chi connectivity index (χ3v) is 4.75. The lowest BCUT2D eigenvalue weighted by molar-refractivity contribution is 0.594. The minimum Gasteiger partial charge on any atom is -0.312 e. The van der Waals surface area contributed by atoms with Gasteiger partial charge in [0.15, 0.2) is 0 Å². The average molecular weight is 282 g/mol. The van der Waals surface area contributed by atoms with E-state index in [1.165, 1.54) is 20.5 Å². The highest BCUT2D eigenvalue weighted by Crippen LogP contribution is 2.31. The first-order chi connectivity index (χ1) is 9.76. The molecule has 3 heteroatoms. The van der Waals surface area contributed by atoms with Crippen LogP contribution in [0, 0.1) is 6.92 Å². The second kappa shape index (κ2) is 5.73. The van der Waals surface area contributed by atoms with E-state index in [1.807, 2.05) is 24.6 Å². The first kappa shape index (κ1) is 13.3. The Morgan fingerprint density at radius 2 is 2.05 bits per heavy atom. The summed E-state index contributed by atoms with van der Waals surface area (Å²) in [6.07, 6.45) is 2.86. The molecular formula is C17H18N2S. The Morgan fingerprint density at radius 1 is 1.20 bits per heavy atom. The third kappa shape index (κ3) is 2.74. The Balaban J connectivity index is 1.87. The zero-order valence-electron chi connectivity index (χ0n) is 11.8. The van der Waals surface area contributed by atoms with E-state index in [2.05, 4.69) is 59.7 Å². The van der Waals surface area contributed by atoms with Crippen LogP contribution in [0.4, 0.5) is 0 Å². The number of aromatic nitrogens is 1. The molecule has 1 N–H and O–H groups in total. The number of aryl methyl sites for hydroxylation is 1. The highest BCUT2D eigenvalue weighted by molar-refractivity contribution is 7.19. The molecule has 0 aliphatic rings. The highest BCUT2D eigenvalue weighted by atomic mass is 32.1. The largest absolute Gasteiger partial charge is 0.312 e. The minimum absolute atomic E-state index is 0.322. The predicted octanol–water partition coefficient (Wildman–Crippen LogP) is 4.11. The van der Waals surface area contributed by atoms with E-state index in [0.717, 1.165) is 12.1 Å². The quantitative estimate of drug-likeness (QED) is 0.779. The molecule has 0 spiro atoms. The molecule has 0 aliphatic heterocycles. The van der Waals surface area contributed by atoms with Crippen molar-refractivity contribution in [2.24, 2.45) is 0 Å². The number of thiophene rings is 1. The number of pyridine rings is 1. The van der Waals surface area contributed by atoms with Crippen LogP contribution in [0.3, 0.4) is 0 Å². The van der Waals surface area contributed by atoms with Gasteiger partial charge in [0, 0.05) is 33.9 Å². The van der Waals surface area contributed by atoms with Crippen LogP contribution < -0.4 is 5.32 Å². The van der Waals surface area contributed by atoms with E-state index in [0.29, 0.717) is 6.04 Å². The molecule has 2 heterocycles. The van der Waals surface area contributed by atoms with E-state index in [4.69, 9.17) is 0 Å². The van der Waals surface area contributed by atoms with Crippen LogP contribution in [-0.4, -0.2) is 12.0 Å². The minimum atomic E-state index is 0.322. The number of hydrogen-bond donors (Lipinski definition) is 1. The predicted molar refractivity (Wildman–Crippen MR) is 86.3 cm³/mol. The highest BCUT2D eigenvalue weighted by Gasteiger charge is 2.14. The van der Waals surface area contributed by atoms with Crippen molar-refractivity contribution in [1.82, 2.24) is 10.3 Å². The topological polar surface area (TPSA) is 24.9 Å². The Hall–Kier alpha value is -1.71. The maximum Gasteiger partial charge on any atom is 0.0468 e. The van der Waals surface area contributed by atoms with Gasteiger partial charge in [0.05, 0.1) is 0 Å². The molecule has 1 unspecified atom stereocenters. The van der Waals surface area contributed by atoms with Gasteiger partial charge in [-0.15, -0.1) is 11.3 Å². The molecular weight excluding hydrogens is 264 g/mol. The second-order valence-electron chi connectivity index (χ2n) is 5.06. The van der Waals surface area contributed by atoms with Crippen LogP contribution in [0.25, 0.3) is 10.1 Å². The lowest BCUT2D eigenvalue weighted by atomic mass is 10.1. The van der Waals surface area contributed by atoms with Crippen molar-refractivity contribution < 1.29 is 0 Å². The molecule has 0 radical (unpaired) electrons. The summed E-state index contributed by atoms with van der Waals surface area (Å²) in [6, 6.07) is 15.4. The SMILES string of the molecule is CNC(Cc1ccc(C)cn1)c1cc2ccccc2s1. The first-order valence-corrected chi connectivity index (χ1v) is 7.65.